The SMILES string of the molecule is C=CC(=O)N1CC(C(=O)N2CCOC3(CCC3)CC2)C1. The maximum absolute atomic E-state index is 12.4. The van der Waals surface area contributed by atoms with Gasteiger partial charge in [-0.25, -0.2) is 0 Å². The van der Waals surface area contributed by atoms with Gasteiger partial charge in [0.25, 0.3) is 0 Å². The third-order valence-corrected chi connectivity index (χ3v) is 4.90. The topological polar surface area (TPSA) is 49.9 Å². The smallest absolute Gasteiger partial charge is 0.246 e. The number of likely N-dealkylation sites (tertiary alicyclic amines) is 1. The molecule has 20 heavy (non-hydrogen) atoms. The summed E-state index contributed by atoms with van der Waals surface area (Å²) in [6.07, 6.45) is 5.79. The highest BCUT2D eigenvalue weighted by molar-refractivity contribution is 5.90. The van der Waals surface area contributed by atoms with E-state index < -0.39 is 0 Å². The minimum Gasteiger partial charge on any atom is -0.373 e. The lowest BCUT2D eigenvalue weighted by Gasteiger charge is -2.41. The van der Waals surface area contributed by atoms with Gasteiger partial charge in [-0.2, -0.15) is 0 Å². The zero-order valence-electron chi connectivity index (χ0n) is 11.8. The van der Waals surface area contributed by atoms with Gasteiger partial charge in [0, 0.05) is 26.2 Å². The standard InChI is InChI=1S/C15H22N2O3/c1-2-13(18)17-10-12(11-17)14(19)16-7-6-15(4-3-5-15)20-9-8-16/h2,12H,1,3-11H2. The minimum atomic E-state index is -0.0818. The van der Waals surface area contributed by atoms with Crippen molar-refractivity contribution in [2.75, 3.05) is 32.8 Å². The molecule has 0 aromatic heterocycles. The van der Waals surface area contributed by atoms with Gasteiger partial charge in [-0.05, 0) is 31.8 Å². The van der Waals surface area contributed by atoms with Gasteiger partial charge in [-0.3, -0.25) is 9.59 Å². The van der Waals surface area contributed by atoms with Crippen molar-refractivity contribution in [1.82, 2.24) is 9.80 Å². The van der Waals surface area contributed by atoms with Crippen LogP contribution < -0.4 is 0 Å². The molecule has 2 heterocycles. The molecule has 1 spiro atoms. The Morgan fingerprint density at radius 3 is 2.50 bits per heavy atom. The van der Waals surface area contributed by atoms with E-state index >= 15 is 0 Å². The molecule has 0 aromatic rings. The Morgan fingerprint density at radius 1 is 1.15 bits per heavy atom. The van der Waals surface area contributed by atoms with E-state index in [2.05, 4.69) is 6.58 Å². The summed E-state index contributed by atoms with van der Waals surface area (Å²) < 4.78 is 5.94. The third kappa shape index (κ3) is 2.35. The first-order valence-corrected chi connectivity index (χ1v) is 7.48. The minimum absolute atomic E-state index is 0.0330. The zero-order chi connectivity index (χ0) is 14.2. The van der Waals surface area contributed by atoms with Crippen molar-refractivity contribution in [3.63, 3.8) is 0 Å². The quantitative estimate of drug-likeness (QED) is 0.702. The highest BCUT2D eigenvalue weighted by Gasteiger charge is 2.42. The van der Waals surface area contributed by atoms with Crippen LogP contribution in [-0.4, -0.2) is 60.0 Å². The molecular weight excluding hydrogens is 256 g/mol. The molecule has 0 N–H and O–H groups in total. The number of rotatable bonds is 2. The van der Waals surface area contributed by atoms with Crippen molar-refractivity contribution in [1.29, 1.82) is 0 Å². The molecule has 0 unspecified atom stereocenters. The molecule has 5 heteroatoms. The number of carbonyl (C=O) groups is 2. The van der Waals surface area contributed by atoms with Gasteiger partial charge in [0.1, 0.15) is 0 Å². The summed E-state index contributed by atoms with van der Waals surface area (Å²) in [5.74, 6) is 0.0640. The van der Waals surface area contributed by atoms with Crippen LogP contribution in [0, 0.1) is 5.92 Å². The summed E-state index contributed by atoms with van der Waals surface area (Å²) >= 11 is 0. The summed E-state index contributed by atoms with van der Waals surface area (Å²) in [5, 5.41) is 0. The second-order valence-corrected chi connectivity index (χ2v) is 6.10. The largest absolute Gasteiger partial charge is 0.373 e. The van der Waals surface area contributed by atoms with Crippen molar-refractivity contribution in [3.05, 3.63) is 12.7 Å². The van der Waals surface area contributed by atoms with E-state index in [1.807, 2.05) is 4.90 Å². The van der Waals surface area contributed by atoms with Crippen molar-refractivity contribution in [2.45, 2.75) is 31.3 Å². The first-order valence-electron chi connectivity index (χ1n) is 7.48. The molecule has 110 valence electrons. The van der Waals surface area contributed by atoms with Crippen LogP contribution in [0.3, 0.4) is 0 Å². The molecule has 2 saturated heterocycles. The third-order valence-electron chi connectivity index (χ3n) is 4.90. The number of ether oxygens (including phenoxy) is 1. The van der Waals surface area contributed by atoms with E-state index in [0.717, 1.165) is 25.8 Å². The van der Waals surface area contributed by atoms with Gasteiger partial charge in [-0.1, -0.05) is 6.58 Å². The van der Waals surface area contributed by atoms with Crippen molar-refractivity contribution >= 4 is 11.8 Å². The van der Waals surface area contributed by atoms with Crippen LogP contribution in [0.15, 0.2) is 12.7 Å². The molecule has 0 aromatic carbocycles. The number of nitrogens with zero attached hydrogens (tertiary/aromatic N) is 2. The normalized spacial score (nSPS) is 25.6. The van der Waals surface area contributed by atoms with Crippen LogP contribution >= 0.6 is 0 Å². The van der Waals surface area contributed by atoms with E-state index in [0.29, 0.717) is 26.2 Å². The van der Waals surface area contributed by atoms with Gasteiger partial charge in [-0.15, -0.1) is 0 Å². The molecule has 3 fully saturated rings. The monoisotopic (exact) mass is 278 g/mol. The fourth-order valence-electron chi connectivity index (χ4n) is 3.28. The van der Waals surface area contributed by atoms with E-state index in [1.165, 1.54) is 12.5 Å². The van der Waals surface area contributed by atoms with Crippen LogP contribution in [0.25, 0.3) is 0 Å². The number of hydrogen-bond donors (Lipinski definition) is 0. The summed E-state index contributed by atoms with van der Waals surface area (Å²) in [6.45, 7) is 6.66. The summed E-state index contributed by atoms with van der Waals surface area (Å²) in [6, 6.07) is 0. The van der Waals surface area contributed by atoms with Crippen molar-refractivity contribution in [2.24, 2.45) is 5.92 Å². The molecule has 0 bridgehead atoms. The summed E-state index contributed by atoms with van der Waals surface area (Å²) in [4.78, 5) is 27.4. The predicted octanol–water partition coefficient (Wildman–Crippen LogP) is 0.802. The Labute approximate surface area is 119 Å². The zero-order valence-corrected chi connectivity index (χ0v) is 11.8. The van der Waals surface area contributed by atoms with Crippen LogP contribution in [0.1, 0.15) is 25.7 Å². The second kappa shape index (κ2) is 5.20. The van der Waals surface area contributed by atoms with Crippen molar-refractivity contribution < 1.29 is 14.3 Å². The Morgan fingerprint density at radius 2 is 1.90 bits per heavy atom. The van der Waals surface area contributed by atoms with Crippen LogP contribution in [0.4, 0.5) is 0 Å². The maximum Gasteiger partial charge on any atom is 0.246 e. The first kappa shape index (κ1) is 13.6. The Balaban J connectivity index is 1.51. The lowest BCUT2D eigenvalue weighted by Crippen LogP contribution is -2.56. The van der Waals surface area contributed by atoms with E-state index in [1.54, 1.807) is 4.90 Å². The molecule has 3 rings (SSSR count). The molecule has 0 atom stereocenters. The molecule has 5 nitrogen and oxygen atoms in total. The van der Waals surface area contributed by atoms with Crippen molar-refractivity contribution in [3.8, 4) is 0 Å². The van der Waals surface area contributed by atoms with Gasteiger partial charge in [0.15, 0.2) is 0 Å². The highest BCUT2D eigenvalue weighted by atomic mass is 16.5. The summed E-state index contributed by atoms with van der Waals surface area (Å²) in [5.41, 5.74) is 0.0689. The molecule has 0 radical (unpaired) electrons. The van der Waals surface area contributed by atoms with Crippen LogP contribution in [-0.2, 0) is 14.3 Å². The molecule has 3 aliphatic rings. The van der Waals surface area contributed by atoms with Gasteiger partial charge in [0.05, 0.1) is 18.1 Å². The number of hydrogen-bond acceptors (Lipinski definition) is 3. The van der Waals surface area contributed by atoms with E-state index in [-0.39, 0.29) is 23.3 Å². The Bertz CT molecular complexity index is 425. The van der Waals surface area contributed by atoms with E-state index in [9.17, 15) is 9.59 Å². The molecule has 2 aliphatic heterocycles. The van der Waals surface area contributed by atoms with Gasteiger partial charge in [0.2, 0.25) is 11.8 Å². The lowest BCUT2D eigenvalue weighted by molar-refractivity contribution is -0.146. The number of carbonyl (C=O) groups excluding carboxylic acids is 2. The second-order valence-electron chi connectivity index (χ2n) is 6.10. The highest BCUT2D eigenvalue weighted by Crippen LogP contribution is 2.39. The van der Waals surface area contributed by atoms with Crippen LogP contribution in [0.5, 0.6) is 0 Å². The Hall–Kier alpha value is -1.36. The average Bonchev–Trinajstić information content (AvgIpc) is 2.58. The van der Waals surface area contributed by atoms with Gasteiger partial charge >= 0.3 is 0 Å². The molecular formula is C15H22N2O3. The lowest BCUT2D eigenvalue weighted by atomic mass is 9.77. The fraction of sp³-hybridized carbons (Fsp3) is 0.733. The fourth-order valence-corrected chi connectivity index (χ4v) is 3.28. The molecule has 2 amide bonds. The first-order chi connectivity index (χ1) is 9.63. The molecule has 1 aliphatic carbocycles. The average molecular weight is 278 g/mol. The molecule has 1 saturated carbocycles. The van der Waals surface area contributed by atoms with E-state index in [4.69, 9.17) is 4.74 Å². The van der Waals surface area contributed by atoms with Crippen LogP contribution in [0.2, 0.25) is 0 Å². The Kier molecular flexibility index (Phi) is 3.54. The summed E-state index contributed by atoms with van der Waals surface area (Å²) in [7, 11) is 0. The number of amides is 2. The predicted molar refractivity (Wildman–Crippen MR) is 74.0 cm³/mol. The van der Waals surface area contributed by atoms with Gasteiger partial charge < -0.3 is 14.5 Å². The maximum atomic E-state index is 12.4.